The second-order valence-electron chi connectivity index (χ2n) is 8.22. The van der Waals surface area contributed by atoms with Crippen LogP contribution in [0.25, 0.3) is 0 Å². The third kappa shape index (κ3) is 5.61. The molecule has 1 aliphatic heterocycles. The third-order valence-corrected chi connectivity index (χ3v) is 6.22. The number of nitrogens with one attached hydrogen (secondary N) is 1. The average Bonchev–Trinajstić information content (AvgIpc) is 2.65. The number of likely N-dealkylation sites (tertiary alicyclic amines) is 1. The van der Waals surface area contributed by atoms with E-state index in [0.29, 0.717) is 25.4 Å². The molecular weight excluding hydrogens is 369 g/mol. The van der Waals surface area contributed by atoms with Crippen molar-refractivity contribution in [1.82, 2.24) is 10.2 Å². The van der Waals surface area contributed by atoms with Crippen LogP contribution in [-0.2, 0) is 0 Å². The first-order valence-corrected chi connectivity index (χ1v) is 10.3. The van der Waals surface area contributed by atoms with Crippen molar-refractivity contribution in [2.45, 2.75) is 68.9 Å². The Morgan fingerprint density at radius 3 is 2.68 bits per heavy atom. The van der Waals surface area contributed by atoms with Gasteiger partial charge in [0, 0.05) is 25.0 Å². The third-order valence-electron chi connectivity index (χ3n) is 6.22. The van der Waals surface area contributed by atoms with Crippen LogP contribution in [0.15, 0.2) is 24.3 Å². The summed E-state index contributed by atoms with van der Waals surface area (Å²) in [7, 11) is 1.96. The van der Waals surface area contributed by atoms with Crippen LogP contribution in [0.4, 0.5) is 13.2 Å². The molecule has 0 aromatic heterocycles. The highest BCUT2D eigenvalue weighted by Gasteiger charge is 2.40. The summed E-state index contributed by atoms with van der Waals surface area (Å²) in [6.07, 6.45) is 1.84. The molecule has 0 bridgehead atoms. The summed E-state index contributed by atoms with van der Waals surface area (Å²) in [5, 5.41) is 14.8. The Bertz CT molecular complexity index is 632. The van der Waals surface area contributed by atoms with Crippen molar-refractivity contribution in [3.8, 4) is 5.75 Å². The molecule has 0 amide bonds. The van der Waals surface area contributed by atoms with E-state index in [9.17, 15) is 18.3 Å². The summed E-state index contributed by atoms with van der Waals surface area (Å²) in [6, 6.07) is 6.58. The van der Waals surface area contributed by atoms with Gasteiger partial charge in [-0.15, -0.1) is 13.2 Å². The van der Waals surface area contributed by atoms with Gasteiger partial charge < -0.3 is 20.1 Å². The molecule has 3 rings (SSSR count). The van der Waals surface area contributed by atoms with Crippen molar-refractivity contribution in [2.24, 2.45) is 0 Å². The maximum Gasteiger partial charge on any atom is 0.573 e. The summed E-state index contributed by atoms with van der Waals surface area (Å²) in [4.78, 5) is 2.33. The number of alkyl halides is 3. The molecule has 0 spiro atoms. The van der Waals surface area contributed by atoms with E-state index in [1.807, 2.05) is 13.1 Å². The highest BCUT2D eigenvalue weighted by atomic mass is 19.4. The number of piperidine rings is 1. The number of rotatable bonds is 6. The Morgan fingerprint density at radius 1 is 1.25 bits per heavy atom. The SMILES string of the molecule is CN[C@@H]1CCCN(CC(c2cccc(OC(F)(F)F)c2)C2(O)CCCCC2)C1. The maximum absolute atomic E-state index is 12.7. The van der Waals surface area contributed by atoms with Crippen molar-refractivity contribution in [1.29, 1.82) is 0 Å². The van der Waals surface area contributed by atoms with Crippen molar-refractivity contribution in [2.75, 3.05) is 26.7 Å². The molecule has 1 aromatic rings. The van der Waals surface area contributed by atoms with Crippen LogP contribution in [0.5, 0.6) is 5.75 Å². The zero-order valence-corrected chi connectivity index (χ0v) is 16.5. The van der Waals surface area contributed by atoms with Crippen LogP contribution in [0, 0.1) is 0 Å². The predicted octanol–water partition coefficient (Wildman–Crippen LogP) is 4.05. The van der Waals surface area contributed by atoms with Crippen LogP contribution in [0.1, 0.15) is 56.4 Å². The molecule has 1 heterocycles. The average molecular weight is 400 g/mol. The van der Waals surface area contributed by atoms with Crippen molar-refractivity contribution < 1.29 is 23.0 Å². The molecule has 1 aliphatic carbocycles. The van der Waals surface area contributed by atoms with E-state index >= 15 is 0 Å². The lowest BCUT2D eigenvalue weighted by Crippen LogP contribution is -2.49. The molecule has 2 N–H and O–H groups in total. The number of likely N-dealkylation sites (N-methyl/N-ethyl adjacent to an activating group) is 1. The van der Waals surface area contributed by atoms with Crippen LogP contribution in [0.2, 0.25) is 0 Å². The molecule has 1 aromatic carbocycles. The monoisotopic (exact) mass is 400 g/mol. The number of hydrogen-bond donors (Lipinski definition) is 2. The van der Waals surface area contributed by atoms with Gasteiger partial charge in [-0.25, -0.2) is 0 Å². The van der Waals surface area contributed by atoms with Gasteiger partial charge in [0.2, 0.25) is 0 Å². The normalized spacial score (nSPS) is 24.7. The Morgan fingerprint density at radius 2 is 2.00 bits per heavy atom. The molecule has 0 radical (unpaired) electrons. The molecular formula is C21H31F3N2O2. The minimum absolute atomic E-state index is 0.221. The highest BCUT2D eigenvalue weighted by Crippen LogP contribution is 2.41. The molecule has 4 nitrogen and oxygen atoms in total. The first-order valence-electron chi connectivity index (χ1n) is 10.3. The summed E-state index contributed by atoms with van der Waals surface area (Å²) in [5.74, 6) is -0.457. The van der Waals surface area contributed by atoms with E-state index in [2.05, 4.69) is 15.0 Å². The van der Waals surface area contributed by atoms with Gasteiger partial charge in [-0.3, -0.25) is 0 Å². The number of ether oxygens (including phenoxy) is 1. The van der Waals surface area contributed by atoms with Gasteiger partial charge in [0.25, 0.3) is 0 Å². The Labute approximate surface area is 165 Å². The molecule has 2 atom stereocenters. The zero-order chi connectivity index (χ0) is 20.2. The largest absolute Gasteiger partial charge is 0.573 e. The standard InChI is InChI=1S/C21H31F3N2O2/c1-25-17-8-6-12-26(14-17)15-19(20(27)10-3-2-4-11-20)16-7-5-9-18(13-16)28-21(22,23)24/h5,7,9,13,17,19,25,27H,2-4,6,8,10-12,14-15H2,1H3/t17-,19?/m1/s1. The number of nitrogens with zero attached hydrogens (tertiary/aromatic N) is 1. The molecule has 7 heteroatoms. The van der Waals surface area contributed by atoms with Crippen LogP contribution >= 0.6 is 0 Å². The minimum Gasteiger partial charge on any atom is -0.406 e. The van der Waals surface area contributed by atoms with Gasteiger partial charge in [-0.1, -0.05) is 31.4 Å². The summed E-state index contributed by atoms with van der Waals surface area (Å²) in [5.41, 5.74) is -0.167. The molecule has 1 saturated carbocycles. The maximum atomic E-state index is 12.7. The molecule has 2 aliphatic rings. The lowest BCUT2D eigenvalue weighted by Gasteiger charge is -2.43. The molecule has 1 unspecified atom stereocenters. The zero-order valence-electron chi connectivity index (χ0n) is 16.5. The van der Waals surface area contributed by atoms with Gasteiger partial charge in [-0.05, 0) is 57.0 Å². The Balaban J connectivity index is 1.85. The lowest BCUT2D eigenvalue weighted by molar-refractivity contribution is -0.274. The number of aliphatic hydroxyl groups is 1. The number of halogens is 3. The van der Waals surface area contributed by atoms with Crippen molar-refractivity contribution in [3.63, 3.8) is 0 Å². The van der Waals surface area contributed by atoms with E-state index in [0.717, 1.165) is 50.8 Å². The van der Waals surface area contributed by atoms with Crippen molar-refractivity contribution in [3.05, 3.63) is 29.8 Å². The van der Waals surface area contributed by atoms with E-state index in [4.69, 9.17) is 0 Å². The van der Waals surface area contributed by atoms with E-state index in [1.165, 1.54) is 12.1 Å². The lowest BCUT2D eigenvalue weighted by atomic mass is 9.72. The van der Waals surface area contributed by atoms with Crippen LogP contribution in [-0.4, -0.2) is 54.7 Å². The Hall–Kier alpha value is -1.31. The van der Waals surface area contributed by atoms with E-state index < -0.39 is 12.0 Å². The molecule has 158 valence electrons. The summed E-state index contributed by atoms with van der Waals surface area (Å²) in [6.45, 7) is 2.48. The first-order chi connectivity index (χ1) is 13.3. The fraction of sp³-hybridized carbons (Fsp3) is 0.714. The van der Waals surface area contributed by atoms with Gasteiger partial charge in [0.15, 0.2) is 0 Å². The second-order valence-corrected chi connectivity index (χ2v) is 8.22. The quantitative estimate of drug-likeness (QED) is 0.756. The van der Waals surface area contributed by atoms with Gasteiger partial charge >= 0.3 is 6.36 Å². The fourth-order valence-corrected chi connectivity index (χ4v) is 4.74. The smallest absolute Gasteiger partial charge is 0.406 e. The Kier molecular flexibility index (Phi) is 6.89. The first kappa shape index (κ1) is 21.4. The topological polar surface area (TPSA) is 44.7 Å². The van der Waals surface area contributed by atoms with Gasteiger partial charge in [0.05, 0.1) is 5.60 Å². The number of benzene rings is 1. The second kappa shape index (κ2) is 9.01. The van der Waals surface area contributed by atoms with E-state index in [-0.39, 0.29) is 11.7 Å². The summed E-state index contributed by atoms with van der Waals surface area (Å²) < 4.78 is 42.1. The molecule has 1 saturated heterocycles. The predicted molar refractivity (Wildman–Crippen MR) is 102 cm³/mol. The number of hydrogen-bond acceptors (Lipinski definition) is 4. The van der Waals surface area contributed by atoms with E-state index in [1.54, 1.807) is 6.07 Å². The van der Waals surface area contributed by atoms with Crippen LogP contribution < -0.4 is 10.1 Å². The summed E-state index contributed by atoms with van der Waals surface area (Å²) >= 11 is 0. The van der Waals surface area contributed by atoms with Gasteiger partial charge in [0.1, 0.15) is 5.75 Å². The minimum atomic E-state index is -4.72. The van der Waals surface area contributed by atoms with Crippen LogP contribution in [0.3, 0.4) is 0 Å². The van der Waals surface area contributed by atoms with Crippen molar-refractivity contribution >= 4 is 0 Å². The molecule has 28 heavy (non-hydrogen) atoms. The fourth-order valence-electron chi connectivity index (χ4n) is 4.74. The highest BCUT2D eigenvalue weighted by molar-refractivity contribution is 5.33. The van der Waals surface area contributed by atoms with Gasteiger partial charge in [-0.2, -0.15) is 0 Å². The molecule has 2 fully saturated rings.